The Morgan fingerprint density at radius 3 is 2.50 bits per heavy atom. The molecule has 3 rings (SSSR count). The smallest absolute Gasteiger partial charge is 0.296 e. The third kappa shape index (κ3) is 4.02. The zero-order valence-electron chi connectivity index (χ0n) is 17.7. The summed E-state index contributed by atoms with van der Waals surface area (Å²) in [5.74, 6) is 1.73. The van der Waals surface area contributed by atoms with Crippen molar-refractivity contribution in [1.29, 1.82) is 0 Å². The number of terminal acetylenes is 1. The van der Waals surface area contributed by atoms with Crippen molar-refractivity contribution in [2.75, 3.05) is 17.9 Å². The van der Waals surface area contributed by atoms with Gasteiger partial charge in [-0.3, -0.25) is 18.6 Å². The van der Waals surface area contributed by atoms with E-state index in [-0.39, 0.29) is 27.7 Å². The van der Waals surface area contributed by atoms with Gasteiger partial charge in [-0.25, -0.2) is 13.1 Å². The molecule has 0 spiro atoms. The number of aromatic nitrogens is 2. The average molecular weight is 473 g/mol. The molecule has 1 N–H and O–H groups in total. The van der Waals surface area contributed by atoms with Crippen LogP contribution in [0.4, 0.5) is 5.69 Å². The first-order chi connectivity index (χ1) is 15.1. The Kier molecular flexibility index (Phi) is 6.48. The van der Waals surface area contributed by atoms with Crippen LogP contribution < -0.4 is 15.2 Å². The lowest BCUT2D eigenvalue weighted by Crippen LogP contribution is -2.32. The fraction of sp³-hybridized carbons (Fsp3) is 0.182. The minimum absolute atomic E-state index is 0.00825. The Balaban J connectivity index is 2.11. The third-order valence-corrected chi connectivity index (χ3v) is 7.26. The zero-order valence-corrected chi connectivity index (χ0v) is 19.2. The molecule has 0 aliphatic heterocycles. The van der Waals surface area contributed by atoms with Gasteiger partial charge >= 0.3 is 0 Å². The molecule has 0 bridgehead atoms. The highest BCUT2D eigenvalue weighted by Gasteiger charge is 2.30. The van der Waals surface area contributed by atoms with Gasteiger partial charge in [-0.05, 0) is 37.3 Å². The second-order valence-corrected chi connectivity index (χ2v) is 9.26. The number of carbonyl (C=O) groups excluding carboxylic acids is 1. The van der Waals surface area contributed by atoms with Crippen LogP contribution in [0.3, 0.4) is 0 Å². The van der Waals surface area contributed by atoms with Crippen LogP contribution in [0.25, 0.3) is 5.69 Å². The predicted octanol–water partition coefficient (Wildman–Crippen LogP) is 2.33. The van der Waals surface area contributed by atoms with Gasteiger partial charge in [0.05, 0.1) is 22.9 Å². The van der Waals surface area contributed by atoms with Crippen molar-refractivity contribution < 1.29 is 13.2 Å². The summed E-state index contributed by atoms with van der Waals surface area (Å²) < 4.78 is 30.7. The number of rotatable bonds is 6. The lowest BCUT2D eigenvalue weighted by Gasteiger charge is -2.19. The molecule has 0 fully saturated rings. The highest BCUT2D eigenvalue weighted by atomic mass is 35.5. The Labute approximate surface area is 191 Å². The van der Waals surface area contributed by atoms with E-state index in [4.69, 9.17) is 18.0 Å². The van der Waals surface area contributed by atoms with Crippen LogP contribution in [0.1, 0.15) is 16.1 Å². The summed E-state index contributed by atoms with van der Waals surface area (Å²) in [5, 5.41) is 2.39. The summed E-state index contributed by atoms with van der Waals surface area (Å²) in [5.41, 5.74) is 0.549. The molecule has 10 heteroatoms. The van der Waals surface area contributed by atoms with E-state index >= 15 is 0 Å². The molecule has 2 aromatic carbocycles. The lowest BCUT2D eigenvalue weighted by atomic mass is 10.2. The van der Waals surface area contributed by atoms with Crippen LogP contribution in [0, 0.1) is 19.3 Å². The van der Waals surface area contributed by atoms with Gasteiger partial charge in [0.25, 0.3) is 21.5 Å². The fourth-order valence-corrected chi connectivity index (χ4v) is 5.01. The van der Waals surface area contributed by atoms with E-state index in [2.05, 4.69) is 11.2 Å². The highest BCUT2D eigenvalue weighted by molar-refractivity contribution is 7.93. The van der Waals surface area contributed by atoms with Gasteiger partial charge in [0.15, 0.2) is 0 Å². The molecule has 0 unspecified atom stereocenters. The minimum atomic E-state index is -4.28. The number of benzene rings is 2. The normalized spacial score (nSPS) is 11.1. The van der Waals surface area contributed by atoms with E-state index in [1.807, 2.05) is 6.07 Å². The second kappa shape index (κ2) is 8.94. The summed E-state index contributed by atoms with van der Waals surface area (Å²) in [7, 11) is -1.34. The molecule has 0 aliphatic rings. The molecule has 32 heavy (non-hydrogen) atoms. The van der Waals surface area contributed by atoms with Crippen LogP contribution in [0.15, 0.2) is 58.2 Å². The van der Waals surface area contributed by atoms with Crippen LogP contribution in [-0.4, -0.2) is 37.3 Å². The minimum Gasteiger partial charge on any atom is -0.341 e. The number of carbonyl (C=O) groups is 1. The highest BCUT2D eigenvalue weighted by Crippen LogP contribution is 2.29. The van der Waals surface area contributed by atoms with Gasteiger partial charge in [-0.15, -0.1) is 6.42 Å². The number of amides is 1. The summed E-state index contributed by atoms with van der Waals surface area (Å²) >= 11 is 6.17. The number of sulfonamides is 1. The van der Waals surface area contributed by atoms with Crippen LogP contribution in [0.5, 0.6) is 0 Å². The maximum absolute atomic E-state index is 13.4. The zero-order chi connectivity index (χ0) is 23.6. The van der Waals surface area contributed by atoms with E-state index < -0.39 is 21.5 Å². The molecule has 1 aromatic heterocycles. The second-order valence-electron chi connectivity index (χ2n) is 6.91. The number of halogens is 1. The molecule has 0 saturated heterocycles. The Hall–Kier alpha value is -3.48. The SMILES string of the molecule is C#CCNC(=O)c1ccc(Cl)c(S(=O)(=O)N(C)c2c(C)n(C)n(-c3ccccc3)c2=O)c1. The molecule has 1 heterocycles. The molecular weight excluding hydrogens is 452 g/mol. The quantitative estimate of drug-likeness (QED) is 0.557. The summed E-state index contributed by atoms with van der Waals surface area (Å²) in [6.07, 6.45) is 5.14. The monoisotopic (exact) mass is 472 g/mol. The summed E-state index contributed by atoms with van der Waals surface area (Å²) in [6.45, 7) is 1.64. The van der Waals surface area contributed by atoms with Crippen molar-refractivity contribution in [3.05, 3.63) is 75.2 Å². The number of nitrogens with zero attached hydrogens (tertiary/aromatic N) is 3. The Bertz CT molecular complexity index is 1390. The van der Waals surface area contributed by atoms with Crippen molar-refractivity contribution in [2.45, 2.75) is 11.8 Å². The number of anilines is 1. The van der Waals surface area contributed by atoms with Crippen molar-refractivity contribution in [1.82, 2.24) is 14.7 Å². The van der Waals surface area contributed by atoms with E-state index in [0.29, 0.717) is 11.4 Å². The maximum atomic E-state index is 13.4. The average Bonchev–Trinajstić information content (AvgIpc) is 3.00. The number of nitrogens with one attached hydrogen (secondary N) is 1. The standard InChI is InChI=1S/C22H21ClN4O4S/c1-5-13-24-21(28)16-11-12-18(23)19(14-16)32(30,31)26(4)20-15(2)25(3)27(22(20)29)17-9-7-6-8-10-17/h1,6-12,14H,13H2,2-4H3,(H,24,28). The molecule has 8 nitrogen and oxygen atoms in total. The van der Waals surface area contributed by atoms with Crippen molar-refractivity contribution in [3.63, 3.8) is 0 Å². The molecule has 166 valence electrons. The Morgan fingerprint density at radius 1 is 1.22 bits per heavy atom. The van der Waals surface area contributed by atoms with Crippen molar-refractivity contribution in [2.24, 2.45) is 7.05 Å². The van der Waals surface area contributed by atoms with Gasteiger partial charge in [0.2, 0.25) is 0 Å². The summed E-state index contributed by atoms with van der Waals surface area (Å²) in [6, 6.07) is 12.7. The van der Waals surface area contributed by atoms with Gasteiger partial charge in [0, 0.05) is 19.7 Å². The molecule has 0 radical (unpaired) electrons. The van der Waals surface area contributed by atoms with Gasteiger partial charge < -0.3 is 5.32 Å². The molecule has 3 aromatic rings. The van der Waals surface area contributed by atoms with Crippen LogP contribution in [-0.2, 0) is 17.1 Å². The van der Waals surface area contributed by atoms with Crippen LogP contribution in [0.2, 0.25) is 5.02 Å². The van der Waals surface area contributed by atoms with Crippen molar-refractivity contribution in [3.8, 4) is 18.0 Å². The van der Waals surface area contributed by atoms with E-state index in [0.717, 1.165) is 10.4 Å². The van der Waals surface area contributed by atoms with E-state index in [1.165, 1.54) is 23.9 Å². The van der Waals surface area contributed by atoms with Gasteiger partial charge in [-0.2, -0.15) is 0 Å². The number of para-hydroxylation sites is 1. The van der Waals surface area contributed by atoms with Gasteiger partial charge in [-0.1, -0.05) is 35.7 Å². The first kappa shape index (κ1) is 23.2. The number of hydrogen-bond acceptors (Lipinski definition) is 4. The predicted molar refractivity (Wildman–Crippen MR) is 124 cm³/mol. The first-order valence-corrected chi connectivity index (χ1v) is 11.3. The largest absolute Gasteiger partial charge is 0.341 e. The number of hydrogen-bond donors (Lipinski definition) is 1. The van der Waals surface area contributed by atoms with Crippen LogP contribution >= 0.6 is 11.6 Å². The molecular formula is C22H21ClN4O4S. The summed E-state index contributed by atoms with van der Waals surface area (Å²) in [4.78, 5) is 25.2. The van der Waals surface area contributed by atoms with Crippen molar-refractivity contribution >= 4 is 33.2 Å². The molecule has 0 saturated carbocycles. The molecule has 1 amide bonds. The van der Waals surface area contributed by atoms with E-state index in [1.54, 1.807) is 42.9 Å². The fourth-order valence-electron chi connectivity index (χ4n) is 3.26. The van der Waals surface area contributed by atoms with E-state index in [9.17, 15) is 18.0 Å². The first-order valence-electron chi connectivity index (χ1n) is 9.45. The maximum Gasteiger partial charge on any atom is 0.296 e. The molecule has 0 atom stereocenters. The topological polar surface area (TPSA) is 93.4 Å². The van der Waals surface area contributed by atoms with Gasteiger partial charge in [0.1, 0.15) is 10.6 Å². The lowest BCUT2D eigenvalue weighted by molar-refractivity contribution is 0.0958. The third-order valence-electron chi connectivity index (χ3n) is 5.02. The molecule has 0 aliphatic carbocycles. The Morgan fingerprint density at radius 2 is 1.88 bits per heavy atom.